The maximum Gasteiger partial charge on any atom is 0.323 e. The Morgan fingerprint density at radius 2 is 2.31 bits per heavy atom. The highest BCUT2D eigenvalue weighted by Gasteiger charge is 2.24. The standard InChI is InChI=1S/C12H23NO2S/c1-9-4-3-5-10(8-9)15-12(14)11(13)6-7-16-2/h9-11H,3-8,13H2,1-2H3/t9?,10?,11-/m1/s1. The molecule has 94 valence electrons. The molecule has 0 bridgehead atoms. The summed E-state index contributed by atoms with van der Waals surface area (Å²) in [4.78, 5) is 11.7. The van der Waals surface area contributed by atoms with Crippen LogP contribution in [0.25, 0.3) is 0 Å². The minimum atomic E-state index is -0.440. The first-order valence-corrected chi connectivity index (χ1v) is 7.48. The fourth-order valence-corrected chi connectivity index (χ4v) is 2.59. The number of hydrogen-bond acceptors (Lipinski definition) is 4. The average molecular weight is 245 g/mol. The first-order chi connectivity index (χ1) is 7.63. The predicted molar refractivity (Wildman–Crippen MR) is 68.5 cm³/mol. The molecule has 16 heavy (non-hydrogen) atoms. The van der Waals surface area contributed by atoms with Crippen molar-refractivity contribution in [3.05, 3.63) is 0 Å². The van der Waals surface area contributed by atoms with Crippen molar-refractivity contribution in [3.8, 4) is 0 Å². The smallest absolute Gasteiger partial charge is 0.323 e. The molecule has 1 aliphatic rings. The van der Waals surface area contributed by atoms with Crippen LogP contribution in [0.15, 0.2) is 0 Å². The molecule has 0 aromatic rings. The third-order valence-corrected chi connectivity index (χ3v) is 3.75. The van der Waals surface area contributed by atoms with Crippen LogP contribution >= 0.6 is 11.8 Å². The van der Waals surface area contributed by atoms with Gasteiger partial charge in [-0.15, -0.1) is 0 Å². The molecule has 4 heteroatoms. The third-order valence-electron chi connectivity index (χ3n) is 3.11. The van der Waals surface area contributed by atoms with Gasteiger partial charge in [0.1, 0.15) is 12.1 Å². The highest BCUT2D eigenvalue weighted by atomic mass is 32.2. The molecule has 1 saturated carbocycles. The van der Waals surface area contributed by atoms with Crippen LogP contribution in [0.4, 0.5) is 0 Å². The van der Waals surface area contributed by atoms with E-state index in [9.17, 15) is 4.79 Å². The zero-order chi connectivity index (χ0) is 12.0. The van der Waals surface area contributed by atoms with Crippen LogP contribution in [0.5, 0.6) is 0 Å². The lowest BCUT2D eigenvalue weighted by atomic mass is 9.89. The Kier molecular flexibility index (Phi) is 6.21. The van der Waals surface area contributed by atoms with Crippen molar-refractivity contribution < 1.29 is 9.53 Å². The van der Waals surface area contributed by atoms with E-state index in [2.05, 4.69) is 6.92 Å². The Morgan fingerprint density at radius 1 is 1.56 bits per heavy atom. The van der Waals surface area contributed by atoms with E-state index in [0.29, 0.717) is 12.3 Å². The van der Waals surface area contributed by atoms with Crippen molar-refractivity contribution in [2.75, 3.05) is 12.0 Å². The van der Waals surface area contributed by atoms with Gasteiger partial charge in [0, 0.05) is 0 Å². The number of rotatable bonds is 5. The first-order valence-electron chi connectivity index (χ1n) is 6.08. The van der Waals surface area contributed by atoms with Crippen LogP contribution in [-0.2, 0) is 9.53 Å². The zero-order valence-electron chi connectivity index (χ0n) is 10.3. The van der Waals surface area contributed by atoms with E-state index in [1.165, 1.54) is 12.8 Å². The van der Waals surface area contributed by atoms with Crippen LogP contribution in [0.1, 0.15) is 39.0 Å². The Balaban J connectivity index is 2.26. The molecule has 0 radical (unpaired) electrons. The van der Waals surface area contributed by atoms with Gasteiger partial charge < -0.3 is 10.5 Å². The Bertz CT molecular complexity index is 223. The molecular weight excluding hydrogens is 222 g/mol. The number of ether oxygens (including phenoxy) is 1. The molecule has 0 spiro atoms. The summed E-state index contributed by atoms with van der Waals surface area (Å²) in [6, 6.07) is -0.440. The van der Waals surface area contributed by atoms with Crippen LogP contribution in [0.3, 0.4) is 0 Å². The second-order valence-corrected chi connectivity index (χ2v) is 5.70. The fraction of sp³-hybridized carbons (Fsp3) is 0.917. The first kappa shape index (κ1) is 13.8. The molecule has 2 unspecified atom stereocenters. The summed E-state index contributed by atoms with van der Waals surface area (Å²) in [5.74, 6) is 1.37. The summed E-state index contributed by atoms with van der Waals surface area (Å²) in [5.41, 5.74) is 5.77. The summed E-state index contributed by atoms with van der Waals surface area (Å²) in [6.07, 6.45) is 7.26. The van der Waals surface area contributed by atoms with E-state index >= 15 is 0 Å². The lowest BCUT2D eigenvalue weighted by Gasteiger charge is -2.27. The van der Waals surface area contributed by atoms with Crippen molar-refractivity contribution >= 4 is 17.7 Å². The van der Waals surface area contributed by atoms with Gasteiger partial charge in [-0.2, -0.15) is 11.8 Å². The normalized spacial score (nSPS) is 27.4. The molecule has 0 amide bonds. The molecular formula is C12H23NO2S. The maximum absolute atomic E-state index is 11.7. The lowest BCUT2D eigenvalue weighted by Crippen LogP contribution is -2.36. The summed E-state index contributed by atoms with van der Waals surface area (Å²) in [6.45, 7) is 2.22. The van der Waals surface area contributed by atoms with E-state index in [-0.39, 0.29) is 12.1 Å². The second kappa shape index (κ2) is 7.17. The number of nitrogens with two attached hydrogens (primary N) is 1. The Labute approximate surface area is 102 Å². The Hall–Kier alpha value is -0.220. The van der Waals surface area contributed by atoms with Gasteiger partial charge in [-0.05, 0) is 43.6 Å². The minimum absolute atomic E-state index is 0.108. The fourth-order valence-electron chi connectivity index (χ4n) is 2.10. The van der Waals surface area contributed by atoms with Crippen LogP contribution in [0, 0.1) is 5.92 Å². The number of thioether (sulfide) groups is 1. The van der Waals surface area contributed by atoms with Gasteiger partial charge in [-0.3, -0.25) is 4.79 Å². The summed E-state index contributed by atoms with van der Waals surface area (Å²) in [5, 5.41) is 0. The van der Waals surface area contributed by atoms with Gasteiger partial charge in [0.05, 0.1) is 0 Å². The molecule has 1 aliphatic carbocycles. The van der Waals surface area contributed by atoms with E-state index in [4.69, 9.17) is 10.5 Å². The van der Waals surface area contributed by atoms with Crippen LogP contribution in [-0.4, -0.2) is 30.1 Å². The number of hydrogen-bond donors (Lipinski definition) is 1. The molecule has 0 aliphatic heterocycles. The highest BCUT2D eigenvalue weighted by Crippen LogP contribution is 2.25. The van der Waals surface area contributed by atoms with Crippen LogP contribution in [0.2, 0.25) is 0 Å². The molecule has 1 fully saturated rings. The van der Waals surface area contributed by atoms with Crippen molar-refractivity contribution in [1.82, 2.24) is 0 Å². The minimum Gasteiger partial charge on any atom is -0.461 e. The number of carbonyl (C=O) groups excluding carboxylic acids is 1. The van der Waals surface area contributed by atoms with Crippen molar-refractivity contribution in [2.45, 2.75) is 51.2 Å². The van der Waals surface area contributed by atoms with Gasteiger partial charge in [0.2, 0.25) is 0 Å². The van der Waals surface area contributed by atoms with Gasteiger partial charge in [0.15, 0.2) is 0 Å². The molecule has 0 heterocycles. The van der Waals surface area contributed by atoms with Gasteiger partial charge in [-0.25, -0.2) is 0 Å². The van der Waals surface area contributed by atoms with Gasteiger partial charge >= 0.3 is 5.97 Å². The highest BCUT2D eigenvalue weighted by molar-refractivity contribution is 7.98. The zero-order valence-corrected chi connectivity index (χ0v) is 11.1. The lowest BCUT2D eigenvalue weighted by molar-refractivity contribution is -0.152. The summed E-state index contributed by atoms with van der Waals surface area (Å²) in [7, 11) is 0. The van der Waals surface area contributed by atoms with Crippen molar-refractivity contribution in [2.24, 2.45) is 11.7 Å². The van der Waals surface area contributed by atoms with Gasteiger partial charge in [-0.1, -0.05) is 13.3 Å². The summed E-state index contributed by atoms with van der Waals surface area (Å²) < 4.78 is 5.45. The van der Waals surface area contributed by atoms with E-state index in [0.717, 1.165) is 18.6 Å². The number of esters is 1. The average Bonchev–Trinajstić information content (AvgIpc) is 2.25. The van der Waals surface area contributed by atoms with E-state index in [1.54, 1.807) is 11.8 Å². The number of carbonyl (C=O) groups is 1. The Morgan fingerprint density at radius 3 is 2.94 bits per heavy atom. The summed E-state index contributed by atoms with van der Waals surface area (Å²) >= 11 is 1.71. The molecule has 3 nitrogen and oxygen atoms in total. The molecule has 0 aromatic heterocycles. The molecule has 2 N–H and O–H groups in total. The van der Waals surface area contributed by atoms with E-state index in [1.807, 2.05) is 6.26 Å². The van der Waals surface area contributed by atoms with Crippen molar-refractivity contribution in [1.29, 1.82) is 0 Å². The molecule has 3 atom stereocenters. The van der Waals surface area contributed by atoms with Crippen LogP contribution < -0.4 is 5.73 Å². The topological polar surface area (TPSA) is 52.3 Å². The maximum atomic E-state index is 11.7. The van der Waals surface area contributed by atoms with Crippen molar-refractivity contribution in [3.63, 3.8) is 0 Å². The largest absolute Gasteiger partial charge is 0.461 e. The monoisotopic (exact) mass is 245 g/mol. The van der Waals surface area contributed by atoms with E-state index < -0.39 is 6.04 Å². The molecule has 0 aromatic carbocycles. The quantitative estimate of drug-likeness (QED) is 0.754. The third kappa shape index (κ3) is 4.74. The molecule has 0 saturated heterocycles. The predicted octanol–water partition coefficient (Wildman–Crippen LogP) is 2.19. The SMILES string of the molecule is CSCC[C@@H](N)C(=O)OC1CCCC(C)C1. The second-order valence-electron chi connectivity index (χ2n) is 4.72. The molecule has 1 rings (SSSR count). The van der Waals surface area contributed by atoms with Gasteiger partial charge in [0.25, 0.3) is 0 Å².